The molecule has 0 bridgehead atoms. The number of hydrogen-bond acceptors (Lipinski definition) is 2. The molecule has 0 saturated carbocycles. The third-order valence-corrected chi connectivity index (χ3v) is 2.12. The Hall–Kier alpha value is -1.26. The third-order valence-electron chi connectivity index (χ3n) is 2.12. The van der Waals surface area contributed by atoms with E-state index in [-0.39, 0.29) is 5.91 Å². The van der Waals surface area contributed by atoms with Crippen molar-refractivity contribution in [2.24, 2.45) is 5.73 Å². The van der Waals surface area contributed by atoms with E-state index >= 15 is 0 Å². The maximum absolute atomic E-state index is 11.3. The Kier molecular flexibility index (Phi) is 1.95. The first-order valence-electron chi connectivity index (χ1n) is 3.81. The smallest absolute Gasteiger partial charge is 0.315 e. The quantitative estimate of drug-likeness (QED) is 0.504. The minimum Gasteiger partial charge on any atom is -0.352 e. The fourth-order valence-corrected chi connectivity index (χ4v) is 1.29. The predicted octanol–water partition coefficient (Wildman–Crippen LogP) is -0.724. The van der Waals surface area contributed by atoms with Crippen LogP contribution in [0.4, 0.5) is 4.79 Å². The van der Waals surface area contributed by atoms with Crippen LogP contribution < -0.4 is 11.1 Å². The van der Waals surface area contributed by atoms with E-state index in [9.17, 15) is 9.59 Å². The number of nitrogens with one attached hydrogen (secondary N) is 1. The van der Waals surface area contributed by atoms with Gasteiger partial charge in [0.05, 0.1) is 0 Å². The summed E-state index contributed by atoms with van der Waals surface area (Å²) in [4.78, 5) is 23.5. The summed E-state index contributed by atoms with van der Waals surface area (Å²) >= 11 is 0. The van der Waals surface area contributed by atoms with Crippen LogP contribution in [0, 0.1) is 0 Å². The normalized spacial score (nSPS) is 21.8. The van der Waals surface area contributed by atoms with Crippen LogP contribution in [0.15, 0.2) is 0 Å². The number of piperazine rings is 1. The molecule has 3 N–H and O–H groups in total. The number of nitrogens with zero attached hydrogens (tertiary/aromatic N) is 1. The number of hydrogen-bond donors (Lipinski definition) is 2. The summed E-state index contributed by atoms with van der Waals surface area (Å²) in [6.07, 6.45) is 0. The number of nitrogens with two attached hydrogens (primary N) is 1. The van der Waals surface area contributed by atoms with E-state index in [1.54, 1.807) is 13.8 Å². The summed E-state index contributed by atoms with van der Waals surface area (Å²) in [5.41, 5.74) is 4.30. The number of amides is 3. The molecule has 0 aromatic heterocycles. The van der Waals surface area contributed by atoms with Crippen molar-refractivity contribution in [2.45, 2.75) is 19.4 Å². The van der Waals surface area contributed by atoms with Crippen molar-refractivity contribution < 1.29 is 9.59 Å². The van der Waals surface area contributed by atoms with Crippen LogP contribution in [0.5, 0.6) is 0 Å². The topological polar surface area (TPSA) is 75.4 Å². The molecule has 0 radical (unpaired) electrons. The molecule has 1 heterocycles. The second-order valence-corrected chi connectivity index (χ2v) is 3.30. The molecule has 1 aliphatic heterocycles. The lowest BCUT2D eigenvalue weighted by Gasteiger charge is -2.39. The van der Waals surface area contributed by atoms with Crippen LogP contribution in [0.1, 0.15) is 13.8 Å². The molecule has 0 aromatic carbocycles. The molecule has 68 valence electrons. The van der Waals surface area contributed by atoms with E-state index in [0.29, 0.717) is 13.1 Å². The highest BCUT2D eigenvalue weighted by molar-refractivity contribution is 5.90. The Bertz CT molecular complexity index is 225. The Labute approximate surface area is 70.9 Å². The van der Waals surface area contributed by atoms with Gasteiger partial charge in [-0.05, 0) is 13.8 Å². The Morgan fingerprint density at radius 1 is 1.67 bits per heavy atom. The van der Waals surface area contributed by atoms with Gasteiger partial charge in [0, 0.05) is 13.1 Å². The van der Waals surface area contributed by atoms with Crippen LogP contribution in [-0.4, -0.2) is 35.5 Å². The first-order chi connectivity index (χ1) is 5.46. The zero-order valence-electron chi connectivity index (χ0n) is 7.26. The minimum absolute atomic E-state index is 0.160. The monoisotopic (exact) mass is 171 g/mol. The summed E-state index contributed by atoms with van der Waals surface area (Å²) in [7, 11) is 0. The molecule has 5 nitrogen and oxygen atoms in total. The lowest BCUT2D eigenvalue weighted by molar-refractivity contribution is -0.132. The molecule has 1 fully saturated rings. The molecule has 5 heteroatoms. The number of primary amides is 1. The zero-order chi connectivity index (χ0) is 9.35. The summed E-state index contributed by atoms with van der Waals surface area (Å²) in [5.74, 6) is -0.160. The predicted molar refractivity (Wildman–Crippen MR) is 43.4 cm³/mol. The van der Waals surface area contributed by atoms with Gasteiger partial charge < -0.3 is 16.0 Å². The highest BCUT2D eigenvalue weighted by Crippen LogP contribution is 2.16. The lowest BCUT2D eigenvalue weighted by atomic mass is 10.00. The van der Waals surface area contributed by atoms with Crippen molar-refractivity contribution in [1.82, 2.24) is 10.2 Å². The van der Waals surface area contributed by atoms with Gasteiger partial charge in [-0.1, -0.05) is 0 Å². The summed E-state index contributed by atoms with van der Waals surface area (Å²) in [5, 5.41) is 2.67. The first kappa shape index (κ1) is 8.83. The highest BCUT2D eigenvalue weighted by Gasteiger charge is 2.39. The second kappa shape index (κ2) is 2.66. The molecule has 0 atom stereocenters. The summed E-state index contributed by atoms with van der Waals surface area (Å²) < 4.78 is 0. The van der Waals surface area contributed by atoms with E-state index < -0.39 is 11.6 Å². The van der Waals surface area contributed by atoms with Gasteiger partial charge in [-0.2, -0.15) is 0 Å². The van der Waals surface area contributed by atoms with E-state index in [2.05, 4.69) is 5.32 Å². The van der Waals surface area contributed by atoms with Gasteiger partial charge in [0.1, 0.15) is 5.54 Å². The standard InChI is InChI=1S/C7H13N3O2/c1-7(2)5(11)9-3-4-10(7)6(8)12/h3-4H2,1-2H3,(H2,8,12)(H,9,11). The molecule has 0 aromatic rings. The minimum atomic E-state index is -0.815. The van der Waals surface area contributed by atoms with Gasteiger partial charge in [0.25, 0.3) is 0 Å². The van der Waals surface area contributed by atoms with Gasteiger partial charge in [-0.25, -0.2) is 4.79 Å². The second-order valence-electron chi connectivity index (χ2n) is 3.30. The largest absolute Gasteiger partial charge is 0.352 e. The fourth-order valence-electron chi connectivity index (χ4n) is 1.29. The van der Waals surface area contributed by atoms with E-state index in [1.165, 1.54) is 4.90 Å². The average molecular weight is 171 g/mol. The van der Waals surface area contributed by atoms with Crippen molar-refractivity contribution in [3.63, 3.8) is 0 Å². The number of urea groups is 1. The highest BCUT2D eigenvalue weighted by atomic mass is 16.2. The van der Waals surface area contributed by atoms with Crippen LogP contribution in [0.2, 0.25) is 0 Å². The molecule has 12 heavy (non-hydrogen) atoms. The van der Waals surface area contributed by atoms with Crippen LogP contribution in [0.3, 0.4) is 0 Å². The van der Waals surface area contributed by atoms with Crippen molar-refractivity contribution in [3.05, 3.63) is 0 Å². The average Bonchev–Trinajstić information content (AvgIpc) is 1.94. The van der Waals surface area contributed by atoms with Crippen molar-refractivity contribution >= 4 is 11.9 Å². The van der Waals surface area contributed by atoms with E-state index in [4.69, 9.17) is 5.73 Å². The number of carbonyl (C=O) groups is 2. The van der Waals surface area contributed by atoms with Gasteiger partial charge in [0.15, 0.2) is 0 Å². The molecule has 1 rings (SSSR count). The van der Waals surface area contributed by atoms with Gasteiger partial charge in [-0.15, -0.1) is 0 Å². The molecule has 0 spiro atoms. The zero-order valence-corrected chi connectivity index (χ0v) is 7.26. The SMILES string of the molecule is CC1(C)C(=O)NCCN1C(N)=O. The summed E-state index contributed by atoms with van der Waals surface area (Å²) in [6.45, 7) is 4.30. The molecular weight excluding hydrogens is 158 g/mol. The number of carbonyl (C=O) groups excluding carboxylic acids is 2. The van der Waals surface area contributed by atoms with Crippen molar-refractivity contribution in [3.8, 4) is 0 Å². The van der Waals surface area contributed by atoms with E-state index in [1.807, 2.05) is 0 Å². The lowest BCUT2D eigenvalue weighted by Crippen LogP contribution is -2.64. The van der Waals surface area contributed by atoms with Crippen LogP contribution >= 0.6 is 0 Å². The van der Waals surface area contributed by atoms with Crippen LogP contribution in [0.25, 0.3) is 0 Å². The first-order valence-corrected chi connectivity index (χ1v) is 3.81. The molecule has 3 amide bonds. The third kappa shape index (κ3) is 1.22. The van der Waals surface area contributed by atoms with Crippen LogP contribution in [-0.2, 0) is 4.79 Å². The van der Waals surface area contributed by atoms with Gasteiger partial charge >= 0.3 is 6.03 Å². The van der Waals surface area contributed by atoms with E-state index in [0.717, 1.165) is 0 Å². The fraction of sp³-hybridized carbons (Fsp3) is 0.714. The van der Waals surface area contributed by atoms with Gasteiger partial charge in [-0.3, -0.25) is 4.79 Å². The summed E-state index contributed by atoms with van der Waals surface area (Å²) in [6, 6.07) is -0.546. The molecular formula is C7H13N3O2. The Balaban J connectivity index is 2.86. The maximum Gasteiger partial charge on any atom is 0.315 e. The molecule has 1 saturated heterocycles. The molecule has 1 aliphatic rings. The Morgan fingerprint density at radius 2 is 2.25 bits per heavy atom. The van der Waals surface area contributed by atoms with Crippen molar-refractivity contribution in [1.29, 1.82) is 0 Å². The Morgan fingerprint density at radius 3 is 2.67 bits per heavy atom. The molecule has 0 aliphatic carbocycles. The maximum atomic E-state index is 11.3. The number of rotatable bonds is 0. The van der Waals surface area contributed by atoms with Crippen molar-refractivity contribution in [2.75, 3.05) is 13.1 Å². The van der Waals surface area contributed by atoms with Gasteiger partial charge in [0.2, 0.25) is 5.91 Å². The molecule has 0 unspecified atom stereocenters.